The Kier molecular flexibility index (Phi) is 6.06. The molecular weight excluding hydrogens is 352 g/mol. The lowest BCUT2D eigenvalue weighted by atomic mass is 10.2. The van der Waals surface area contributed by atoms with Gasteiger partial charge in [0, 0.05) is 18.0 Å². The SMILES string of the molecule is COC(=O)C[C@@H](NC(=O)Nc1ccc(N2CCCC2)nc1)c1cccs1. The summed E-state index contributed by atoms with van der Waals surface area (Å²) in [6.07, 6.45) is 4.10. The summed E-state index contributed by atoms with van der Waals surface area (Å²) in [5.74, 6) is 0.552. The molecule has 138 valence electrons. The molecule has 2 N–H and O–H groups in total. The van der Waals surface area contributed by atoms with Crippen LogP contribution in [-0.4, -0.2) is 37.2 Å². The van der Waals surface area contributed by atoms with Crippen LogP contribution in [-0.2, 0) is 9.53 Å². The highest BCUT2D eigenvalue weighted by Gasteiger charge is 2.20. The van der Waals surface area contributed by atoms with E-state index in [1.165, 1.54) is 31.3 Å². The average Bonchev–Trinajstić information content (AvgIpc) is 3.35. The molecular formula is C18H22N4O3S. The van der Waals surface area contributed by atoms with E-state index in [2.05, 4.69) is 20.5 Å². The third-order valence-electron chi connectivity index (χ3n) is 4.23. The number of nitrogens with zero attached hydrogens (tertiary/aromatic N) is 2. The first-order chi connectivity index (χ1) is 12.7. The Bertz CT molecular complexity index is 727. The fraction of sp³-hybridized carbons (Fsp3) is 0.389. The number of nitrogens with one attached hydrogen (secondary N) is 2. The van der Waals surface area contributed by atoms with Crippen LogP contribution in [0.4, 0.5) is 16.3 Å². The predicted octanol–water partition coefficient (Wildman–Crippen LogP) is 3.17. The van der Waals surface area contributed by atoms with Crippen molar-refractivity contribution in [1.82, 2.24) is 10.3 Å². The van der Waals surface area contributed by atoms with Crippen molar-refractivity contribution >= 4 is 34.8 Å². The first-order valence-corrected chi connectivity index (χ1v) is 9.42. The van der Waals surface area contributed by atoms with Gasteiger partial charge in [0.15, 0.2) is 0 Å². The van der Waals surface area contributed by atoms with Crippen molar-refractivity contribution in [1.29, 1.82) is 0 Å². The van der Waals surface area contributed by atoms with Gasteiger partial charge in [-0.3, -0.25) is 4.79 Å². The number of thiophene rings is 1. The Labute approximate surface area is 156 Å². The summed E-state index contributed by atoms with van der Waals surface area (Å²) < 4.78 is 4.72. The number of carbonyl (C=O) groups is 2. The topological polar surface area (TPSA) is 83.6 Å². The van der Waals surface area contributed by atoms with Crippen LogP contribution in [0.3, 0.4) is 0 Å². The Balaban J connectivity index is 1.59. The molecule has 2 aromatic rings. The highest BCUT2D eigenvalue weighted by Crippen LogP contribution is 2.23. The van der Waals surface area contributed by atoms with Crippen LogP contribution in [0.1, 0.15) is 30.2 Å². The summed E-state index contributed by atoms with van der Waals surface area (Å²) >= 11 is 1.48. The van der Waals surface area contributed by atoms with Crippen LogP contribution in [0.5, 0.6) is 0 Å². The van der Waals surface area contributed by atoms with Gasteiger partial charge >= 0.3 is 12.0 Å². The quantitative estimate of drug-likeness (QED) is 0.759. The van der Waals surface area contributed by atoms with E-state index < -0.39 is 6.04 Å². The molecule has 0 saturated carbocycles. The van der Waals surface area contributed by atoms with Gasteiger partial charge in [0.25, 0.3) is 0 Å². The van der Waals surface area contributed by atoms with Crippen LogP contribution in [0.25, 0.3) is 0 Å². The molecule has 0 aromatic carbocycles. The number of amides is 2. The second-order valence-electron chi connectivity index (χ2n) is 6.05. The van der Waals surface area contributed by atoms with Gasteiger partial charge in [-0.1, -0.05) is 6.07 Å². The molecule has 3 heterocycles. The number of anilines is 2. The fourth-order valence-electron chi connectivity index (χ4n) is 2.88. The van der Waals surface area contributed by atoms with Gasteiger partial charge in [0.2, 0.25) is 0 Å². The second kappa shape index (κ2) is 8.66. The van der Waals surface area contributed by atoms with Crippen LogP contribution >= 0.6 is 11.3 Å². The number of hydrogen-bond acceptors (Lipinski definition) is 6. The molecule has 0 aliphatic carbocycles. The Hall–Kier alpha value is -2.61. The molecule has 1 saturated heterocycles. The molecule has 0 unspecified atom stereocenters. The van der Waals surface area contributed by atoms with Crippen molar-refractivity contribution < 1.29 is 14.3 Å². The molecule has 1 aliphatic rings. The standard InChI is InChI=1S/C18H22N4O3S/c1-25-17(23)11-14(15-5-4-10-26-15)21-18(24)20-13-6-7-16(19-12-13)22-8-2-3-9-22/h4-7,10,12,14H,2-3,8-9,11H2,1H3,(H2,20,21,24)/t14-/m1/s1. The van der Waals surface area contributed by atoms with Crippen LogP contribution in [0.2, 0.25) is 0 Å². The van der Waals surface area contributed by atoms with Gasteiger partial charge in [0.1, 0.15) is 5.82 Å². The maximum atomic E-state index is 12.3. The van der Waals surface area contributed by atoms with Gasteiger partial charge in [-0.2, -0.15) is 0 Å². The van der Waals surface area contributed by atoms with Gasteiger partial charge in [-0.05, 0) is 36.4 Å². The zero-order chi connectivity index (χ0) is 18.4. The number of hydrogen-bond donors (Lipinski definition) is 2. The molecule has 0 radical (unpaired) electrons. The monoisotopic (exact) mass is 374 g/mol. The lowest BCUT2D eigenvalue weighted by Gasteiger charge is -2.18. The second-order valence-corrected chi connectivity index (χ2v) is 7.03. The highest BCUT2D eigenvalue weighted by atomic mass is 32.1. The number of methoxy groups -OCH3 is 1. The number of esters is 1. The zero-order valence-corrected chi connectivity index (χ0v) is 15.4. The zero-order valence-electron chi connectivity index (χ0n) is 14.6. The average molecular weight is 374 g/mol. The summed E-state index contributed by atoms with van der Waals surface area (Å²) in [5.41, 5.74) is 0.605. The third-order valence-corrected chi connectivity index (χ3v) is 5.21. The van der Waals surface area contributed by atoms with Gasteiger partial charge in [-0.25, -0.2) is 9.78 Å². The smallest absolute Gasteiger partial charge is 0.319 e. The Morgan fingerprint density at radius 2 is 2.12 bits per heavy atom. The van der Waals surface area contributed by atoms with Gasteiger partial charge < -0.3 is 20.3 Å². The molecule has 1 aliphatic heterocycles. The van der Waals surface area contributed by atoms with Crippen molar-refractivity contribution in [3.8, 4) is 0 Å². The molecule has 26 heavy (non-hydrogen) atoms. The van der Waals surface area contributed by atoms with Gasteiger partial charge in [-0.15, -0.1) is 11.3 Å². The molecule has 2 amide bonds. The summed E-state index contributed by atoms with van der Waals surface area (Å²) in [7, 11) is 1.33. The number of rotatable bonds is 6. The summed E-state index contributed by atoms with van der Waals surface area (Å²) in [6.45, 7) is 2.05. The third kappa shape index (κ3) is 4.72. The predicted molar refractivity (Wildman–Crippen MR) is 102 cm³/mol. The number of aromatic nitrogens is 1. The minimum absolute atomic E-state index is 0.0799. The molecule has 7 nitrogen and oxygen atoms in total. The van der Waals surface area contributed by atoms with E-state index in [4.69, 9.17) is 4.74 Å². The lowest BCUT2D eigenvalue weighted by molar-refractivity contribution is -0.141. The number of urea groups is 1. The van der Waals surface area contributed by atoms with Crippen molar-refractivity contribution in [3.05, 3.63) is 40.7 Å². The van der Waals surface area contributed by atoms with E-state index >= 15 is 0 Å². The van der Waals surface area contributed by atoms with Gasteiger partial charge in [0.05, 0.1) is 31.5 Å². The summed E-state index contributed by atoms with van der Waals surface area (Å²) in [4.78, 5) is 31.5. The molecule has 1 atom stereocenters. The minimum atomic E-state index is -0.431. The summed E-state index contributed by atoms with van der Waals surface area (Å²) in [5, 5.41) is 7.49. The van der Waals surface area contributed by atoms with Crippen molar-refractivity contribution in [2.75, 3.05) is 30.4 Å². The van der Waals surface area contributed by atoms with Crippen LogP contribution in [0.15, 0.2) is 35.8 Å². The van der Waals surface area contributed by atoms with E-state index in [1.807, 2.05) is 29.6 Å². The molecule has 3 rings (SSSR count). The number of pyridine rings is 1. The normalized spacial score (nSPS) is 14.7. The Morgan fingerprint density at radius 3 is 2.73 bits per heavy atom. The first-order valence-electron chi connectivity index (χ1n) is 8.54. The maximum absolute atomic E-state index is 12.3. The summed E-state index contributed by atoms with van der Waals surface area (Å²) in [6, 6.07) is 6.69. The van der Waals surface area contributed by atoms with Crippen LogP contribution in [0, 0.1) is 0 Å². The molecule has 1 fully saturated rings. The van der Waals surface area contributed by atoms with Crippen molar-refractivity contribution in [2.45, 2.75) is 25.3 Å². The van der Waals surface area contributed by atoms with Crippen molar-refractivity contribution in [3.63, 3.8) is 0 Å². The van der Waals surface area contributed by atoms with E-state index in [9.17, 15) is 9.59 Å². The number of carbonyl (C=O) groups excluding carboxylic acids is 2. The van der Waals surface area contributed by atoms with Crippen molar-refractivity contribution in [2.24, 2.45) is 0 Å². The molecule has 8 heteroatoms. The fourth-order valence-corrected chi connectivity index (χ4v) is 3.66. The van der Waals surface area contributed by atoms with E-state index in [1.54, 1.807) is 6.20 Å². The molecule has 2 aromatic heterocycles. The van der Waals surface area contributed by atoms with E-state index in [-0.39, 0.29) is 18.4 Å². The number of ether oxygens (including phenoxy) is 1. The first kappa shape index (κ1) is 18.2. The highest BCUT2D eigenvalue weighted by molar-refractivity contribution is 7.10. The van der Waals surface area contributed by atoms with E-state index in [0.717, 1.165) is 23.8 Å². The Morgan fingerprint density at radius 1 is 1.31 bits per heavy atom. The molecule has 0 bridgehead atoms. The maximum Gasteiger partial charge on any atom is 0.319 e. The molecule has 0 spiro atoms. The van der Waals surface area contributed by atoms with E-state index in [0.29, 0.717) is 5.69 Å². The van der Waals surface area contributed by atoms with Crippen LogP contribution < -0.4 is 15.5 Å². The minimum Gasteiger partial charge on any atom is -0.469 e. The lowest BCUT2D eigenvalue weighted by Crippen LogP contribution is -2.33. The largest absolute Gasteiger partial charge is 0.469 e.